The van der Waals surface area contributed by atoms with E-state index in [9.17, 15) is 4.79 Å². The fraction of sp³-hybridized carbons (Fsp3) is 0.957. The van der Waals surface area contributed by atoms with Crippen LogP contribution in [0.3, 0.4) is 0 Å². The third-order valence-electron chi connectivity index (χ3n) is 5.00. The molecule has 0 aromatic rings. The van der Waals surface area contributed by atoms with Crippen molar-refractivity contribution in [3.63, 3.8) is 0 Å². The van der Waals surface area contributed by atoms with E-state index >= 15 is 0 Å². The quantitative estimate of drug-likeness (QED) is 0.208. The third-order valence-corrected chi connectivity index (χ3v) is 5.00. The first kappa shape index (κ1) is 22.5. The highest BCUT2D eigenvalue weighted by Crippen LogP contribution is 2.19. The lowest BCUT2D eigenvalue weighted by Crippen LogP contribution is -2.23. The second-order valence-electron chi connectivity index (χ2n) is 8.08. The van der Waals surface area contributed by atoms with Crippen molar-refractivity contribution >= 4 is 6.47 Å². The number of hydrogen-bond acceptors (Lipinski definition) is 2. The lowest BCUT2D eigenvalue weighted by molar-refractivity contribution is 0.0772. The third kappa shape index (κ3) is 19.6. The number of hydrogen-bond donors (Lipinski definition) is 0. The summed E-state index contributed by atoms with van der Waals surface area (Å²) in [5.41, 5.74) is -0.711. The van der Waals surface area contributed by atoms with E-state index in [1.54, 1.807) is 13.8 Å². The van der Waals surface area contributed by atoms with E-state index in [0.29, 0.717) is 0 Å². The Balaban J connectivity index is 3.23. The van der Waals surface area contributed by atoms with E-state index in [1.807, 2.05) is 0 Å². The van der Waals surface area contributed by atoms with E-state index in [2.05, 4.69) is 6.92 Å². The Kier molecular flexibility index (Phi) is 16.4. The lowest BCUT2D eigenvalue weighted by Gasteiger charge is -2.21. The Labute approximate surface area is 159 Å². The molecule has 1 atom stereocenters. The van der Waals surface area contributed by atoms with Crippen LogP contribution in [0.2, 0.25) is 0 Å². The number of carbonyl (C=O) groups excluding carboxylic acids is 1. The second kappa shape index (κ2) is 18.3. The van der Waals surface area contributed by atoms with E-state index in [4.69, 9.17) is 6.11 Å². The Morgan fingerprint density at radius 2 is 1.00 bits per heavy atom. The van der Waals surface area contributed by atoms with Crippen molar-refractivity contribution in [2.24, 2.45) is 0 Å². The van der Waals surface area contributed by atoms with Crippen LogP contribution >= 0.6 is 0 Å². The largest absolute Gasteiger partial charge is 0.451 e. The van der Waals surface area contributed by atoms with Gasteiger partial charge < -0.3 is 4.74 Å². The second-order valence-corrected chi connectivity index (χ2v) is 8.08. The first-order chi connectivity index (χ1) is 12.5. The molecule has 1 radical (unpaired) electrons. The Morgan fingerprint density at radius 1 is 0.680 bits per heavy atom. The van der Waals surface area contributed by atoms with Gasteiger partial charge >= 0.3 is 6.47 Å². The highest BCUT2D eigenvalue weighted by Gasteiger charge is 2.17. The molecule has 2 heteroatoms. The van der Waals surface area contributed by atoms with Gasteiger partial charge in [-0.05, 0) is 26.7 Å². The molecule has 0 saturated carbocycles. The molecule has 0 heterocycles. The molecule has 0 rings (SSSR count). The van der Waals surface area contributed by atoms with Crippen LogP contribution in [0, 0.1) is 0 Å². The van der Waals surface area contributed by atoms with Gasteiger partial charge in [0.2, 0.25) is 0 Å². The molecular weight excluding hydrogens is 308 g/mol. The van der Waals surface area contributed by atoms with Crippen molar-refractivity contribution in [3.8, 4) is 0 Å². The molecule has 0 aliphatic heterocycles. The Hall–Kier alpha value is -0.530. The van der Waals surface area contributed by atoms with Crippen molar-refractivity contribution in [1.29, 1.82) is 0 Å². The van der Waals surface area contributed by atoms with Gasteiger partial charge in [-0.3, -0.25) is 0 Å². The highest BCUT2D eigenvalue weighted by molar-refractivity contribution is 5.39. The number of unbranched alkanes of at least 4 members (excludes halogenated alkanes) is 15. The van der Waals surface area contributed by atoms with E-state index in [1.165, 1.54) is 103 Å². The molecule has 149 valence electrons. The Morgan fingerprint density at radius 3 is 1.32 bits per heavy atom. The summed E-state index contributed by atoms with van der Waals surface area (Å²) < 4.78 is 12.9. The van der Waals surface area contributed by atoms with Gasteiger partial charge in [-0.25, -0.2) is 4.79 Å². The maximum Gasteiger partial charge on any atom is 0.418 e. The van der Waals surface area contributed by atoms with Crippen LogP contribution in [0.5, 0.6) is 0 Å². The summed E-state index contributed by atoms with van der Waals surface area (Å²) >= 11 is 0. The fourth-order valence-electron chi connectivity index (χ4n) is 3.29. The predicted octanol–water partition coefficient (Wildman–Crippen LogP) is 7.89. The topological polar surface area (TPSA) is 26.3 Å². The van der Waals surface area contributed by atoms with Crippen LogP contribution in [0.4, 0.5) is 0 Å². The number of rotatable bonds is 20. The SMILES string of the molecule is [2H]C(CCCCCCCCCCCCCCCCCC)C(C)(C)O[C]=O. The van der Waals surface area contributed by atoms with Crippen molar-refractivity contribution < 1.29 is 10.9 Å². The molecule has 0 aliphatic rings. The summed E-state index contributed by atoms with van der Waals surface area (Å²) in [6.45, 7) is 7.34. The average Bonchev–Trinajstić information content (AvgIpc) is 2.61. The fourth-order valence-corrected chi connectivity index (χ4v) is 3.29. The molecule has 0 aromatic carbocycles. The monoisotopic (exact) mass is 354 g/mol. The van der Waals surface area contributed by atoms with Crippen LogP contribution in [0.1, 0.15) is 138 Å². The van der Waals surface area contributed by atoms with Gasteiger partial charge in [-0.2, -0.15) is 0 Å². The normalized spacial score (nSPS) is 13.5. The molecule has 0 fully saturated rings. The van der Waals surface area contributed by atoms with Gasteiger partial charge in [-0.1, -0.05) is 110 Å². The first-order valence-corrected chi connectivity index (χ1v) is 11.0. The predicted molar refractivity (Wildman–Crippen MR) is 110 cm³/mol. The summed E-state index contributed by atoms with van der Waals surface area (Å²) in [6.07, 6.45) is 22.2. The minimum atomic E-state index is -0.711. The molecule has 2 nitrogen and oxygen atoms in total. The molecule has 0 bridgehead atoms. The van der Waals surface area contributed by atoms with Gasteiger partial charge in [0.1, 0.15) is 5.60 Å². The van der Waals surface area contributed by atoms with Crippen LogP contribution in [-0.2, 0) is 9.53 Å². The van der Waals surface area contributed by atoms with Gasteiger partial charge in [0.05, 0.1) is 0 Å². The molecule has 0 saturated heterocycles. The van der Waals surface area contributed by atoms with E-state index in [0.717, 1.165) is 12.8 Å². The maximum atomic E-state index is 10.3. The molecule has 0 spiro atoms. The zero-order valence-corrected chi connectivity index (χ0v) is 17.4. The molecular formula is C23H45O2. The molecule has 0 aliphatic carbocycles. The van der Waals surface area contributed by atoms with Crippen molar-refractivity contribution in [1.82, 2.24) is 0 Å². The smallest absolute Gasteiger partial charge is 0.418 e. The van der Waals surface area contributed by atoms with Crippen LogP contribution in [-0.4, -0.2) is 12.1 Å². The summed E-state index contributed by atoms with van der Waals surface area (Å²) in [5.74, 6) is 0. The zero-order chi connectivity index (χ0) is 19.5. The summed E-state index contributed by atoms with van der Waals surface area (Å²) in [6, 6.07) is 0. The van der Waals surface area contributed by atoms with E-state index in [-0.39, 0.29) is 6.40 Å². The average molecular weight is 355 g/mol. The van der Waals surface area contributed by atoms with Gasteiger partial charge in [0.15, 0.2) is 0 Å². The van der Waals surface area contributed by atoms with Crippen molar-refractivity contribution in [2.45, 2.75) is 142 Å². The van der Waals surface area contributed by atoms with Gasteiger partial charge in [-0.15, -0.1) is 0 Å². The minimum absolute atomic E-state index is 0.351. The lowest BCUT2D eigenvalue weighted by atomic mass is 9.99. The van der Waals surface area contributed by atoms with Gasteiger partial charge in [0, 0.05) is 1.37 Å². The number of ether oxygens (including phenoxy) is 1. The molecule has 0 N–H and O–H groups in total. The standard InChI is InChI=1S/C23H45O2/c1-4-5-6-7-8-9-10-11-12-13-14-15-16-17-18-19-20-21-23(2,3)25-22-24/h4-21H2,1-3H3/i21D. The maximum absolute atomic E-state index is 10.3. The summed E-state index contributed by atoms with van der Waals surface area (Å²) in [4.78, 5) is 10.3. The van der Waals surface area contributed by atoms with E-state index < -0.39 is 5.60 Å². The van der Waals surface area contributed by atoms with Crippen LogP contribution < -0.4 is 0 Å². The van der Waals surface area contributed by atoms with Crippen molar-refractivity contribution in [3.05, 3.63) is 0 Å². The molecule has 1 unspecified atom stereocenters. The molecule has 25 heavy (non-hydrogen) atoms. The first-order valence-electron chi connectivity index (χ1n) is 11.6. The summed E-state index contributed by atoms with van der Waals surface area (Å²) in [5, 5.41) is 0. The Bertz CT molecular complexity index is 305. The summed E-state index contributed by atoms with van der Waals surface area (Å²) in [7, 11) is 0. The molecule has 0 aromatic heterocycles. The van der Waals surface area contributed by atoms with Crippen LogP contribution in [0.15, 0.2) is 0 Å². The molecule has 0 amide bonds. The van der Waals surface area contributed by atoms with Crippen molar-refractivity contribution in [2.75, 3.05) is 0 Å². The van der Waals surface area contributed by atoms with Crippen LogP contribution in [0.25, 0.3) is 0 Å². The minimum Gasteiger partial charge on any atom is -0.451 e. The van der Waals surface area contributed by atoms with Gasteiger partial charge in [0.25, 0.3) is 0 Å². The highest BCUT2D eigenvalue weighted by atomic mass is 16.5. The zero-order valence-electron chi connectivity index (χ0n) is 18.4.